The van der Waals surface area contributed by atoms with Crippen molar-refractivity contribution in [3.8, 4) is 0 Å². The summed E-state index contributed by atoms with van der Waals surface area (Å²) in [5, 5.41) is 0. The van der Waals surface area contributed by atoms with Gasteiger partial charge in [-0.05, 0) is 37.2 Å². The molecule has 1 heteroatoms. The molecule has 1 aliphatic rings. The Kier molecular flexibility index (Phi) is 5.07. The van der Waals surface area contributed by atoms with E-state index in [-0.39, 0.29) is 0 Å². The molecule has 0 fully saturated rings. The molecule has 1 rings (SSSR count). The predicted molar refractivity (Wildman–Crippen MR) is 64.8 cm³/mol. The summed E-state index contributed by atoms with van der Waals surface area (Å²) < 4.78 is 0. The van der Waals surface area contributed by atoms with Gasteiger partial charge < -0.3 is 0 Å². The van der Waals surface area contributed by atoms with E-state index in [1.54, 1.807) is 0 Å². The lowest BCUT2D eigenvalue weighted by Crippen LogP contribution is -2.24. The van der Waals surface area contributed by atoms with Gasteiger partial charge in [0.25, 0.3) is 0 Å². The fourth-order valence-corrected chi connectivity index (χ4v) is 2.48. The first-order chi connectivity index (χ1) is 7.22. The Morgan fingerprint density at radius 1 is 1.33 bits per heavy atom. The smallest absolute Gasteiger partial charge is 0.161 e. The van der Waals surface area contributed by atoms with Gasteiger partial charge in [0.1, 0.15) is 0 Å². The number of carbonyl (C=O) groups is 1. The van der Waals surface area contributed by atoms with Crippen LogP contribution < -0.4 is 0 Å². The maximum Gasteiger partial charge on any atom is 0.161 e. The van der Waals surface area contributed by atoms with E-state index in [1.165, 1.54) is 19.3 Å². The standard InChI is InChI=1S/C14H24O/c1-4-7-8-11-9-12(5-2)14(15)13(6-3)10-11/h9,11,13H,4-8,10H2,1-3H3. The van der Waals surface area contributed by atoms with Crippen molar-refractivity contribution >= 4 is 5.78 Å². The van der Waals surface area contributed by atoms with Crippen molar-refractivity contribution in [1.82, 2.24) is 0 Å². The lowest BCUT2D eigenvalue weighted by molar-refractivity contribution is -0.120. The van der Waals surface area contributed by atoms with Crippen LogP contribution in [0, 0.1) is 11.8 Å². The zero-order chi connectivity index (χ0) is 11.3. The molecule has 0 saturated heterocycles. The molecule has 0 amide bonds. The lowest BCUT2D eigenvalue weighted by atomic mass is 9.77. The summed E-state index contributed by atoms with van der Waals surface area (Å²) in [4.78, 5) is 11.9. The Morgan fingerprint density at radius 3 is 2.60 bits per heavy atom. The predicted octanol–water partition coefficient (Wildman–Crippen LogP) is 4.13. The third-order valence-corrected chi connectivity index (χ3v) is 3.51. The number of allylic oxidation sites excluding steroid dienone is 2. The zero-order valence-corrected chi connectivity index (χ0v) is 10.4. The van der Waals surface area contributed by atoms with Crippen LogP contribution in [0.1, 0.15) is 59.3 Å². The monoisotopic (exact) mass is 208 g/mol. The topological polar surface area (TPSA) is 17.1 Å². The molecule has 0 aromatic carbocycles. The van der Waals surface area contributed by atoms with Gasteiger partial charge in [0.05, 0.1) is 0 Å². The van der Waals surface area contributed by atoms with Crippen LogP contribution >= 0.6 is 0 Å². The molecule has 2 atom stereocenters. The second-order valence-electron chi connectivity index (χ2n) is 4.65. The molecule has 0 bridgehead atoms. The molecule has 0 aliphatic heterocycles. The van der Waals surface area contributed by atoms with Crippen LogP contribution in [0.15, 0.2) is 11.6 Å². The molecular weight excluding hydrogens is 184 g/mol. The van der Waals surface area contributed by atoms with Gasteiger partial charge in [-0.1, -0.05) is 39.7 Å². The van der Waals surface area contributed by atoms with E-state index in [4.69, 9.17) is 0 Å². The summed E-state index contributed by atoms with van der Waals surface area (Å²) >= 11 is 0. The third-order valence-electron chi connectivity index (χ3n) is 3.51. The van der Waals surface area contributed by atoms with Gasteiger partial charge in [-0.15, -0.1) is 0 Å². The molecule has 0 radical (unpaired) electrons. The van der Waals surface area contributed by atoms with Crippen molar-refractivity contribution in [1.29, 1.82) is 0 Å². The highest BCUT2D eigenvalue weighted by atomic mass is 16.1. The SMILES string of the molecule is CCCCC1C=C(CC)C(=O)C(CC)C1. The molecule has 0 heterocycles. The molecule has 86 valence electrons. The van der Waals surface area contributed by atoms with E-state index in [1.807, 2.05) is 0 Å². The lowest BCUT2D eigenvalue weighted by Gasteiger charge is -2.26. The van der Waals surface area contributed by atoms with E-state index >= 15 is 0 Å². The highest BCUT2D eigenvalue weighted by molar-refractivity contribution is 5.97. The third kappa shape index (κ3) is 3.19. The van der Waals surface area contributed by atoms with Gasteiger partial charge in [0, 0.05) is 5.92 Å². The average molecular weight is 208 g/mol. The number of ketones is 1. The summed E-state index contributed by atoms with van der Waals surface area (Å²) in [6.07, 6.45) is 9.10. The van der Waals surface area contributed by atoms with Gasteiger partial charge in [-0.2, -0.15) is 0 Å². The summed E-state index contributed by atoms with van der Waals surface area (Å²) in [6, 6.07) is 0. The summed E-state index contributed by atoms with van der Waals surface area (Å²) in [7, 11) is 0. The fraction of sp³-hybridized carbons (Fsp3) is 0.786. The van der Waals surface area contributed by atoms with Gasteiger partial charge in [0.2, 0.25) is 0 Å². The summed E-state index contributed by atoms with van der Waals surface area (Å²) in [5.74, 6) is 1.40. The quantitative estimate of drug-likeness (QED) is 0.664. The molecule has 0 N–H and O–H groups in total. The Morgan fingerprint density at radius 2 is 2.07 bits per heavy atom. The van der Waals surface area contributed by atoms with Crippen molar-refractivity contribution in [2.24, 2.45) is 11.8 Å². The van der Waals surface area contributed by atoms with Gasteiger partial charge >= 0.3 is 0 Å². The van der Waals surface area contributed by atoms with Crippen LogP contribution in [0.3, 0.4) is 0 Å². The number of unbranched alkanes of at least 4 members (excludes halogenated alkanes) is 1. The van der Waals surface area contributed by atoms with Crippen molar-refractivity contribution in [2.45, 2.75) is 59.3 Å². The minimum Gasteiger partial charge on any atom is -0.294 e. The van der Waals surface area contributed by atoms with E-state index in [0.717, 1.165) is 24.8 Å². The largest absolute Gasteiger partial charge is 0.294 e. The molecule has 2 unspecified atom stereocenters. The van der Waals surface area contributed by atoms with Crippen LogP contribution in [0.2, 0.25) is 0 Å². The number of hydrogen-bond donors (Lipinski definition) is 0. The second kappa shape index (κ2) is 6.09. The Balaban J connectivity index is 2.67. The molecule has 15 heavy (non-hydrogen) atoms. The normalized spacial score (nSPS) is 26.6. The summed E-state index contributed by atoms with van der Waals surface area (Å²) in [5.41, 5.74) is 1.09. The second-order valence-corrected chi connectivity index (χ2v) is 4.65. The van der Waals surface area contributed by atoms with Crippen molar-refractivity contribution in [2.75, 3.05) is 0 Å². The molecule has 0 aromatic rings. The number of carbonyl (C=O) groups excluding carboxylic acids is 1. The van der Waals surface area contributed by atoms with Crippen LogP contribution in [-0.2, 0) is 4.79 Å². The Labute approximate surface area is 93.9 Å². The maximum atomic E-state index is 11.9. The summed E-state index contributed by atoms with van der Waals surface area (Å²) in [6.45, 7) is 6.46. The molecule has 0 aromatic heterocycles. The van der Waals surface area contributed by atoms with Crippen LogP contribution in [0.25, 0.3) is 0 Å². The van der Waals surface area contributed by atoms with E-state index in [2.05, 4.69) is 26.8 Å². The molecule has 1 nitrogen and oxygen atoms in total. The number of Topliss-reactive ketones (excluding diaryl/α,β-unsaturated/α-hetero) is 1. The van der Waals surface area contributed by atoms with Crippen molar-refractivity contribution < 1.29 is 4.79 Å². The molecule has 0 saturated carbocycles. The first kappa shape index (κ1) is 12.5. The fourth-order valence-electron chi connectivity index (χ4n) is 2.48. The van der Waals surface area contributed by atoms with Crippen LogP contribution in [0.5, 0.6) is 0 Å². The van der Waals surface area contributed by atoms with Crippen LogP contribution in [0.4, 0.5) is 0 Å². The molecular formula is C14H24O. The van der Waals surface area contributed by atoms with Gasteiger partial charge in [0.15, 0.2) is 5.78 Å². The van der Waals surface area contributed by atoms with Gasteiger partial charge in [-0.25, -0.2) is 0 Å². The van der Waals surface area contributed by atoms with E-state index < -0.39 is 0 Å². The molecule has 0 spiro atoms. The highest BCUT2D eigenvalue weighted by Crippen LogP contribution is 2.31. The van der Waals surface area contributed by atoms with Crippen molar-refractivity contribution in [3.63, 3.8) is 0 Å². The molecule has 1 aliphatic carbocycles. The maximum absolute atomic E-state index is 11.9. The number of rotatable bonds is 5. The average Bonchev–Trinajstić information content (AvgIpc) is 2.27. The van der Waals surface area contributed by atoms with E-state index in [9.17, 15) is 4.79 Å². The minimum atomic E-state index is 0.312. The first-order valence-corrected chi connectivity index (χ1v) is 6.47. The first-order valence-electron chi connectivity index (χ1n) is 6.47. The van der Waals surface area contributed by atoms with E-state index in [0.29, 0.717) is 17.6 Å². The minimum absolute atomic E-state index is 0.312. The zero-order valence-electron chi connectivity index (χ0n) is 10.4. The highest BCUT2D eigenvalue weighted by Gasteiger charge is 2.27. The number of hydrogen-bond acceptors (Lipinski definition) is 1. The Hall–Kier alpha value is -0.590. The Bertz CT molecular complexity index is 240. The van der Waals surface area contributed by atoms with Gasteiger partial charge in [-0.3, -0.25) is 4.79 Å². The van der Waals surface area contributed by atoms with Crippen molar-refractivity contribution in [3.05, 3.63) is 11.6 Å². The van der Waals surface area contributed by atoms with Crippen LogP contribution in [-0.4, -0.2) is 5.78 Å².